The fourth-order valence-electron chi connectivity index (χ4n) is 2.53. The van der Waals surface area contributed by atoms with Crippen LogP contribution in [0.5, 0.6) is 0 Å². The number of hydrogen-bond acceptors (Lipinski definition) is 3. The molecule has 1 aliphatic rings. The molecular formula is C14H19FN2O2. The number of hydrogen-bond donors (Lipinski definition) is 1. The molecule has 0 bridgehead atoms. The second-order valence-corrected chi connectivity index (χ2v) is 4.98. The van der Waals surface area contributed by atoms with Gasteiger partial charge in [0.25, 0.3) is 0 Å². The molecular weight excluding hydrogens is 247 g/mol. The fraction of sp³-hybridized carbons (Fsp3) is 0.500. The molecule has 1 aromatic rings. The van der Waals surface area contributed by atoms with E-state index in [4.69, 9.17) is 4.74 Å². The topological polar surface area (TPSA) is 41.6 Å². The summed E-state index contributed by atoms with van der Waals surface area (Å²) in [7, 11) is 3.32. The van der Waals surface area contributed by atoms with E-state index in [1.165, 1.54) is 12.1 Å². The normalized spacial score (nSPS) is 22.5. The Morgan fingerprint density at radius 2 is 2.16 bits per heavy atom. The van der Waals surface area contributed by atoms with Crippen molar-refractivity contribution >= 4 is 11.6 Å². The zero-order valence-corrected chi connectivity index (χ0v) is 11.3. The number of anilines is 1. The van der Waals surface area contributed by atoms with Crippen molar-refractivity contribution in [3.63, 3.8) is 0 Å². The number of benzene rings is 1. The maximum Gasteiger partial charge on any atom is 0.236 e. The van der Waals surface area contributed by atoms with Gasteiger partial charge >= 0.3 is 0 Å². The van der Waals surface area contributed by atoms with Gasteiger partial charge in [0.15, 0.2) is 0 Å². The summed E-state index contributed by atoms with van der Waals surface area (Å²) >= 11 is 0. The Morgan fingerprint density at radius 3 is 2.68 bits per heavy atom. The summed E-state index contributed by atoms with van der Waals surface area (Å²) in [6.07, 6.45) is 0.755. The number of halogens is 1. The Kier molecular flexibility index (Phi) is 4.17. The SMILES string of the molecule is COCC1(C(=O)N(C)c2ccc(F)cc2)CCNC1. The standard InChI is InChI=1S/C14H19FN2O2/c1-17(12-5-3-11(15)4-6-12)13(18)14(10-19-2)7-8-16-9-14/h3-6,16H,7-10H2,1-2H3. The highest BCUT2D eigenvalue weighted by Gasteiger charge is 2.43. The van der Waals surface area contributed by atoms with E-state index in [-0.39, 0.29) is 11.7 Å². The van der Waals surface area contributed by atoms with Crippen molar-refractivity contribution in [2.75, 3.05) is 38.8 Å². The third-order valence-corrected chi connectivity index (χ3v) is 3.64. The van der Waals surface area contributed by atoms with Crippen LogP contribution >= 0.6 is 0 Å². The van der Waals surface area contributed by atoms with Gasteiger partial charge in [-0.25, -0.2) is 4.39 Å². The Bertz CT molecular complexity index is 441. The van der Waals surface area contributed by atoms with Gasteiger partial charge in [-0.3, -0.25) is 4.79 Å². The highest BCUT2D eigenvalue weighted by Crippen LogP contribution is 2.30. The highest BCUT2D eigenvalue weighted by molar-refractivity contribution is 5.97. The number of methoxy groups -OCH3 is 1. The molecule has 19 heavy (non-hydrogen) atoms. The van der Waals surface area contributed by atoms with Gasteiger partial charge in [-0.2, -0.15) is 0 Å². The summed E-state index contributed by atoms with van der Waals surface area (Å²) in [5.74, 6) is -0.301. The lowest BCUT2D eigenvalue weighted by Gasteiger charge is -2.31. The zero-order chi connectivity index (χ0) is 13.9. The minimum atomic E-state index is -0.516. The van der Waals surface area contributed by atoms with Crippen LogP contribution in [0.1, 0.15) is 6.42 Å². The van der Waals surface area contributed by atoms with Gasteiger partial charge in [-0.1, -0.05) is 0 Å². The number of carbonyl (C=O) groups excluding carboxylic acids is 1. The number of nitrogens with zero attached hydrogens (tertiary/aromatic N) is 1. The lowest BCUT2D eigenvalue weighted by molar-refractivity contribution is -0.129. The molecule has 2 rings (SSSR count). The Morgan fingerprint density at radius 1 is 1.47 bits per heavy atom. The van der Waals surface area contributed by atoms with Crippen molar-refractivity contribution in [2.45, 2.75) is 6.42 Å². The Hall–Kier alpha value is -1.46. The molecule has 1 unspecified atom stereocenters. The number of nitrogens with one attached hydrogen (secondary N) is 1. The zero-order valence-electron chi connectivity index (χ0n) is 11.3. The lowest BCUT2D eigenvalue weighted by Crippen LogP contribution is -2.46. The van der Waals surface area contributed by atoms with Gasteiger partial charge in [0, 0.05) is 26.4 Å². The average Bonchev–Trinajstić information content (AvgIpc) is 2.88. The number of rotatable bonds is 4. The monoisotopic (exact) mass is 266 g/mol. The highest BCUT2D eigenvalue weighted by atomic mass is 19.1. The first kappa shape index (κ1) is 14.0. The first-order chi connectivity index (χ1) is 9.09. The predicted molar refractivity (Wildman–Crippen MR) is 71.6 cm³/mol. The van der Waals surface area contributed by atoms with Gasteiger partial charge in [0.05, 0.1) is 12.0 Å². The maximum atomic E-state index is 12.9. The molecule has 5 heteroatoms. The molecule has 1 aromatic carbocycles. The first-order valence-corrected chi connectivity index (χ1v) is 6.32. The summed E-state index contributed by atoms with van der Waals surface area (Å²) in [5, 5.41) is 3.21. The molecule has 1 amide bonds. The molecule has 1 atom stereocenters. The number of carbonyl (C=O) groups is 1. The van der Waals surface area contributed by atoms with Crippen LogP contribution in [0.2, 0.25) is 0 Å². The Labute approximate surface area is 112 Å². The van der Waals surface area contributed by atoms with Gasteiger partial charge < -0.3 is 15.0 Å². The van der Waals surface area contributed by atoms with Crippen LogP contribution in [0.25, 0.3) is 0 Å². The first-order valence-electron chi connectivity index (χ1n) is 6.32. The minimum absolute atomic E-state index is 0.00552. The van der Waals surface area contributed by atoms with E-state index in [9.17, 15) is 9.18 Å². The Balaban J connectivity index is 2.19. The number of ether oxygens (including phenoxy) is 1. The molecule has 0 aliphatic carbocycles. The summed E-state index contributed by atoms with van der Waals surface area (Å²) < 4.78 is 18.1. The van der Waals surface area contributed by atoms with E-state index in [1.54, 1.807) is 31.2 Å². The average molecular weight is 266 g/mol. The van der Waals surface area contributed by atoms with Crippen LogP contribution in [0.15, 0.2) is 24.3 Å². The van der Waals surface area contributed by atoms with E-state index in [1.807, 2.05) is 0 Å². The molecule has 0 radical (unpaired) electrons. The van der Waals surface area contributed by atoms with Crippen LogP contribution in [-0.4, -0.2) is 39.8 Å². The molecule has 1 aliphatic heterocycles. The third kappa shape index (κ3) is 2.77. The van der Waals surface area contributed by atoms with Crippen LogP contribution in [0.4, 0.5) is 10.1 Å². The van der Waals surface area contributed by atoms with Crippen molar-refractivity contribution in [1.29, 1.82) is 0 Å². The van der Waals surface area contributed by atoms with Gasteiger partial charge in [-0.15, -0.1) is 0 Å². The summed E-state index contributed by atoms with van der Waals surface area (Å²) in [6.45, 7) is 1.82. The van der Waals surface area contributed by atoms with Gasteiger partial charge in [-0.05, 0) is 37.2 Å². The maximum absolute atomic E-state index is 12.9. The third-order valence-electron chi connectivity index (χ3n) is 3.64. The summed E-state index contributed by atoms with van der Waals surface area (Å²) in [4.78, 5) is 14.2. The van der Waals surface area contributed by atoms with Crippen molar-refractivity contribution in [3.8, 4) is 0 Å². The molecule has 1 saturated heterocycles. The summed E-state index contributed by atoms with van der Waals surface area (Å²) in [5.41, 5.74) is 0.173. The largest absolute Gasteiger partial charge is 0.384 e. The molecule has 1 fully saturated rings. The second kappa shape index (κ2) is 5.67. The lowest BCUT2D eigenvalue weighted by atomic mass is 9.86. The molecule has 4 nitrogen and oxygen atoms in total. The van der Waals surface area contributed by atoms with E-state index in [0.29, 0.717) is 18.8 Å². The van der Waals surface area contributed by atoms with Crippen molar-refractivity contribution < 1.29 is 13.9 Å². The van der Waals surface area contributed by atoms with E-state index >= 15 is 0 Å². The quantitative estimate of drug-likeness (QED) is 0.896. The van der Waals surface area contributed by atoms with Crippen LogP contribution in [-0.2, 0) is 9.53 Å². The molecule has 1 N–H and O–H groups in total. The van der Waals surface area contributed by atoms with E-state index in [0.717, 1.165) is 13.0 Å². The van der Waals surface area contributed by atoms with E-state index < -0.39 is 5.41 Å². The second-order valence-electron chi connectivity index (χ2n) is 4.98. The van der Waals surface area contributed by atoms with Crippen LogP contribution in [0.3, 0.4) is 0 Å². The van der Waals surface area contributed by atoms with E-state index in [2.05, 4.69) is 5.32 Å². The van der Waals surface area contributed by atoms with Crippen LogP contribution in [0, 0.1) is 11.2 Å². The fourth-order valence-corrected chi connectivity index (χ4v) is 2.53. The van der Waals surface area contributed by atoms with Crippen molar-refractivity contribution in [3.05, 3.63) is 30.1 Å². The van der Waals surface area contributed by atoms with Crippen molar-refractivity contribution in [1.82, 2.24) is 5.32 Å². The van der Waals surface area contributed by atoms with Gasteiger partial charge in [0.2, 0.25) is 5.91 Å². The molecule has 104 valence electrons. The molecule has 1 heterocycles. The molecule has 0 spiro atoms. The number of amides is 1. The summed E-state index contributed by atoms with van der Waals surface area (Å²) in [6, 6.07) is 5.93. The predicted octanol–water partition coefficient (Wildman–Crippen LogP) is 1.41. The van der Waals surface area contributed by atoms with Gasteiger partial charge in [0.1, 0.15) is 5.82 Å². The minimum Gasteiger partial charge on any atom is -0.384 e. The molecule has 0 saturated carbocycles. The van der Waals surface area contributed by atoms with Crippen LogP contribution < -0.4 is 10.2 Å². The molecule has 0 aromatic heterocycles. The smallest absolute Gasteiger partial charge is 0.236 e. The van der Waals surface area contributed by atoms with Crippen molar-refractivity contribution in [2.24, 2.45) is 5.41 Å².